The van der Waals surface area contributed by atoms with Crippen molar-refractivity contribution in [3.8, 4) is 5.75 Å². The topological polar surface area (TPSA) is 64.4 Å². The molecule has 0 saturated carbocycles. The van der Waals surface area contributed by atoms with Gasteiger partial charge in [-0.05, 0) is 43.2 Å². The van der Waals surface area contributed by atoms with Gasteiger partial charge in [-0.1, -0.05) is 24.3 Å². The van der Waals surface area contributed by atoms with Crippen LogP contribution in [0.15, 0.2) is 53.6 Å². The zero-order chi connectivity index (χ0) is 20.3. The lowest BCUT2D eigenvalue weighted by Gasteiger charge is -2.25. The Morgan fingerprint density at radius 2 is 1.93 bits per heavy atom. The molecule has 2 aromatic carbocycles. The summed E-state index contributed by atoms with van der Waals surface area (Å²) >= 11 is 0. The first-order chi connectivity index (χ1) is 13.4. The van der Waals surface area contributed by atoms with Gasteiger partial charge in [0.1, 0.15) is 5.75 Å². The number of nitrogens with zero attached hydrogens (tertiary/aromatic N) is 3. The molecule has 0 fully saturated rings. The Morgan fingerprint density at radius 1 is 1.21 bits per heavy atom. The predicted molar refractivity (Wildman–Crippen MR) is 110 cm³/mol. The van der Waals surface area contributed by atoms with E-state index in [1.807, 2.05) is 50.2 Å². The number of rotatable bonds is 6. The zero-order valence-electron chi connectivity index (χ0n) is 16.7. The van der Waals surface area contributed by atoms with Crippen LogP contribution in [-0.2, 0) is 11.3 Å². The first-order valence-electron chi connectivity index (χ1n) is 9.26. The average molecular weight is 379 g/mol. The van der Waals surface area contributed by atoms with Crippen LogP contribution in [-0.4, -0.2) is 34.5 Å². The number of hydrogen-bond donors (Lipinski definition) is 0. The fourth-order valence-corrected chi connectivity index (χ4v) is 3.21. The van der Waals surface area contributed by atoms with Gasteiger partial charge in [0, 0.05) is 20.0 Å². The quantitative estimate of drug-likeness (QED) is 0.659. The van der Waals surface area contributed by atoms with Crippen LogP contribution in [0.3, 0.4) is 0 Å². The van der Waals surface area contributed by atoms with Gasteiger partial charge in [-0.15, -0.1) is 0 Å². The molecule has 0 aliphatic heterocycles. The minimum Gasteiger partial charge on any atom is -0.497 e. The highest BCUT2D eigenvalue weighted by atomic mass is 16.5. The van der Waals surface area contributed by atoms with E-state index in [-0.39, 0.29) is 23.9 Å². The molecule has 1 amide bonds. The summed E-state index contributed by atoms with van der Waals surface area (Å²) < 4.78 is 6.68. The number of fused-ring (bicyclic) bond motifs is 1. The lowest BCUT2D eigenvalue weighted by molar-refractivity contribution is -0.132. The van der Waals surface area contributed by atoms with Gasteiger partial charge in [-0.3, -0.25) is 14.2 Å². The Balaban J connectivity index is 1.70. The molecular weight excluding hydrogens is 354 g/mol. The smallest absolute Gasteiger partial charge is 0.261 e. The molecule has 0 bridgehead atoms. The molecule has 3 aromatic rings. The molecule has 0 unspecified atom stereocenters. The lowest BCUT2D eigenvalue weighted by Crippen LogP contribution is -2.31. The second kappa shape index (κ2) is 8.25. The van der Waals surface area contributed by atoms with Crippen LogP contribution in [0.5, 0.6) is 5.75 Å². The summed E-state index contributed by atoms with van der Waals surface area (Å²) in [4.78, 5) is 31.4. The molecule has 146 valence electrons. The van der Waals surface area contributed by atoms with Crippen LogP contribution in [0.4, 0.5) is 0 Å². The number of para-hydroxylation sites is 1. The third-order valence-electron chi connectivity index (χ3n) is 5.19. The maximum Gasteiger partial charge on any atom is 0.261 e. The third-order valence-corrected chi connectivity index (χ3v) is 5.19. The van der Waals surface area contributed by atoms with Crippen LogP contribution in [0.2, 0.25) is 0 Å². The fourth-order valence-electron chi connectivity index (χ4n) is 3.21. The van der Waals surface area contributed by atoms with Gasteiger partial charge in [0.05, 0.1) is 30.4 Å². The van der Waals surface area contributed by atoms with Gasteiger partial charge in [-0.25, -0.2) is 4.98 Å². The minimum absolute atomic E-state index is 0.0282. The Labute approximate surface area is 164 Å². The summed E-state index contributed by atoms with van der Waals surface area (Å²) in [6, 6.07) is 13.1. The molecule has 0 radical (unpaired) electrons. The molecule has 28 heavy (non-hydrogen) atoms. The Hall–Kier alpha value is -3.15. The predicted octanol–water partition coefficient (Wildman–Crippen LogP) is 3.32. The van der Waals surface area contributed by atoms with Crippen molar-refractivity contribution >= 4 is 16.8 Å². The van der Waals surface area contributed by atoms with E-state index in [4.69, 9.17) is 4.74 Å². The summed E-state index contributed by atoms with van der Waals surface area (Å²) in [5, 5.41) is 0.579. The summed E-state index contributed by atoms with van der Waals surface area (Å²) in [5.74, 6) is 0.753. The normalized spacial score (nSPS) is 12.0. The molecule has 1 atom stereocenters. The summed E-state index contributed by atoms with van der Waals surface area (Å²) in [7, 11) is 3.40. The van der Waals surface area contributed by atoms with Crippen LogP contribution in [0, 0.1) is 6.92 Å². The summed E-state index contributed by atoms with van der Waals surface area (Å²) in [5.41, 5.74) is 2.58. The second-order valence-electron chi connectivity index (χ2n) is 6.92. The van der Waals surface area contributed by atoms with Crippen molar-refractivity contribution in [1.29, 1.82) is 0 Å². The van der Waals surface area contributed by atoms with E-state index >= 15 is 0 Å². The van der Waals surface area contributed by atoms with Crippen molar-refractivity contribution in [1.82, 2.24) is 14.5 Å². The monoisotopic (exact) mass is 379 g/mol. The number of aryl methyl sites for hydroxylation is 2. The van der Waals surface area contributed by atoms with Crippen molar-refractivity contribution < 1.29 is 9.53 Å². The first kappa shape index (κ1) is 19.6. The van der Waals surface area contributed by atoms with Gasteiger partial charge in [0.25, 0.3) is 5.56 Å². The highest BCUT2D eigenvalue weighted by molar-refractivity contribution is 5.80. The van der Waals surface area contributed by atoms with Crippen molar-refractivity contribution in [2.45, 2.75) is 32.9 Å². The molecule has 0 aliphatic rings. The molecule has 0 N–H and O–H groups in total. The van der Waals surface area contributed by atoms with Crippen LogP contribution in [0.1, 0.15) is 30.5 Å². The maximum absolute atomic E-state index is 12.7. The van der Waals surface area contributed by atoms with Crippen molar-refractivity contribution in [2.75, 3.05) is 14.2 Å². The largest absolute Gasteiger partial charge is 0.497 e. The lowest BCUT2D eigenvalue weighted by atomic mass is 10.1. The molecule has 0 aliphatic carbocycles. The average Bonchev–Trinajstić information content (AvgIpc) is 2.72. The molecule has 0 saturated heterocycles. The number of amides is 1. The molecular formula is C22H25N3O3. The van der Waals surface area contributed by atoms with Gasteiger partial charge in [-0.2, -0.15) is 0 Å². The number of aromatic nitrogens is 2. The summed E-state index contributed by atoms with van der Waals surface area (Å²) in [6.07, 6.45) is 1.76. The summed E-state index contributed by atoms with van der Waals surface area (Å²) in [6.45, 7) is 4.21. The van der Waals surface area contributed by atoms with Crippen molar-refractivity contribution in [3.63, 3.8) is 0 Å². The number of benzene rings is 2. The minimum atomic E-state index is -0.118. The van der Waals surface area contributed by atoms with Crippen LogP contribution < -0.4 is 10.3 Å². The number of carbonyl (C=O) groups is 1. The first-order valence-corrected chi connectivity index (χ1v) is 9.26. The maximum atomic E-state index is 12.7. The highest BCUT2D eigenvalue weighted by Crippen LogP contribution is 2.22. The van der Waals surface area contributed by atoms with E-state index in [0.29, 0.717) is 17.4 Å². The van der Waals surface area contributed by atoms with E-state index in [0.717, 1.165) is 16.9 Å². The number of carbonyl (C=O) groups excluding carboxylic acids is 1. The zero-order valence-corrected chi connectivity index (χ0v) is 16.7. The van der Waals surface area contributed by atoms with Gasteiger partial charge >= 0.3 is 0 Å². The third kappa shape index (κ3) is 3.91. The Morgan fingerprint density at radius 3 is 2.61 bits per heavy atom. The fraction of sp³-hybridized carbons (Fsp3) is 0.318. The van der Waals surface area contributed by atoms with Gasteiger partial charge < -0.3 is 9.64 Å². The van der Waals surface area contributed by atoms with E-state index < -0.39 is 0 Å². The van der Waals surface area contributed by atoms with Crippen LogP contribution in [0.25, 0.3) is 10.9 Å². The standard InChI is InChI=1S/C22H25N3O3/c1-15-6-5-7-19-21(15)23-14-25(22(19)27)13-12-20(26)24(3)16(2)17-8-10-18(28-4)11-9-17/h5-11,14,16H,12-13H2,1-4H3/t16-/m1/s1. The van der Waals surface area contributed by atoms with E-state index in [1.165, 1.54) is 10.9 Å². The number of methoxy groups -OCH3 is 1. The molecule has 3 rings (SSSR count). The highest BCUT2D eigenvalue weighted by Gasteiger charge is 2.18. The molecule has 1 aromatic heterocycles. The second-order valence-corrected chi connectivity index (χ2v) is 6.92. The van der Waals surface area contributed by atoms with Gasteiger partial charge in [0.2, 0.25) is 5.91 Å². The Bertz CT molecular complexity index is 1040. The molecule has 0 spiro atoms. The van der Waals surface area contributed by atoms with Crippen LogP contribution >= 0.6 is 0 Å². The molecule has 6 heteroatoms. The Kier molecular flexibility index (Phi) is 5.78. The van der Waals surface area contributed by atoms with E-state index in [1.54, 1.807) is 25.1 Å². The van der Waals surface area contributed by atoms with E-state index in [9.17, 15) is 9.59 Å². The SMILES string of the molecule is COc1ccc([C@@H](C)N(C)C(=O)CCn2cnc3c(C)cccc3c2=O)cc1. The molecule has 1 heterocycles. The molecule has 6 nitrogen and oxygen atoms in total. The van der Waals surface area contributed by atoms with E-state index in [2.05, 4.69) is 4.98 Å². The van der Waals surface area contributed by atoms with Crippen molar-refractivity contribution in [3.05, 3.63) is 70.3 Å². The number of ether oxygens (including phenoxy) is 1. The van der Waals surface area contributed by atoms with Gasteiger partial charge in [0.15, 0.2) is 0 Å². The van der Waals surface area contributed by atoms with Crippen molar-refractivity contribution in [2.24, 2.45) is 0 Å². The number of hydrogen-bond acceptors (Lipinski definition) is 4.